The number of carbonyl (C=O) groups excluding carboxylic acids is 1. The number of rotatable bonds is 6. The number of para-hydroxylation sites is 1. The van der Waals surface area contributed by atoms with E-state index in [1.165, 1.54) is 16.4 Å². The fraction of sp³-hybridized carbons (Fsp3) is 0.0714. The van der Waals surface area contributed by atoms with E-state index in [9.17, 15) is 13.2 Å². The molecule has 1 amide bonds. The van der Waals surface area contributed by atoms with Crippen LogP contribution in [0.1, 0.15) is 27.2 Å². The summed E-state index contributed by atoms with van der Waals surface area (Å²) in [5.74, 6) is -0.380. The van der Waals surface area contributed by atoms with Crippen molar-refractivity contribution in [3.63, 3.8) is 0 Å². The molecule has 0 saturated heterocycles. The van der Waals surface area contributed by atoms with Gasteiger partial charge in [-0.1, -0.05) is 48.5 Å². The molecular weight excluding hydrogens is 458 g/mol. The Morgan fingerprint density at radius 2 is 1.71 bits per heavy atom. The molecule has 0 unspecified atom stereocenters. The molecule has 1 aromatic heterocycles. The van der Waals surface area contributed by atoms with Crippen LogP contribution in [0.2, 0.25) is 0 Å². The third-order valence-corrected chi connectivity index (χ3v) is 7.62. The number of nitrogens with zero attached hydrogens (tertiary/aromatic N) is 2. The second-order valence-electron chi connectivity index (χ2n) is 8.15. The molecule has 0 atom stereocenters. The summed E-state index contributed by atoms with van der Waals surface area (Å²) >= 11 is 0. The van der Waals surface area contributed by atoms with Gasteiger partial charge in [-0.3, -0.25) is 14.1 Å². The summed E-state index contributed by atoms with van der Waals surface area (Å²) in [5, 5.41) is 2.86. The van der Waals surface area contributed by atoms with Gasteiger partial charge in [0.15, 0.2) is 0 Å². The largest absolute Gasteiger partial charge is 0.322 e. The topological polar surface area (TPSA) is 79.4 Å². The van der Waals surface area contributed by atoms with Crippen molar-refractivity contribution < 1.29 is 13.2 Å². The average molecular weight is 482 g/mol. The normalized spacial score (nSPS) is 13.1. The number of pyridine rings is 1. The second-order valence-corrected chi connectivity index (χ2v) is 10.0. The highest BCUT2D eigenvalue weighted by Crippen LogP contribution is 2.32. The number of anilines is 2. The molecule has 6 nitrogen and oxygen atoms in total. The summed E-state index contributed by atoms with van der Waals surface area (Å²) in [4.78, 5) is 17.3. The number of aromatic nitrogens is 1. The van der Waals surface area contributed by atoms with Crippen molar-refractivity contribution in [1.29, 1.82) is 0 Å². The van der Waals surface area contributed by atoms with E-state index in [4.69, 9.17) is 0 Å². The Bertz CT molecular complexity index is 1520. The minimum absolute atomic E-state index is 0.0916. The smallest absolute Gasteiger partial charge is 0.264 e. The summed E-state index contributed by atoms with van der Waals surface area (Å²) in [5.41, 5.74) is 4.31. The zero-order valence-electron chi connectivity index (χ0n) is 18.8. The number of nitrogens with one attached hydrogen (secondary N) is 1. The number of fused-ring (bicyclic) bond motifs is 1. The SMILES string of the molecule is O=C(Nc1cccc(/C=C/c2ccccn2)c1)c1cccc(S(=O)(=O)N2CCc3ccccc32)c1. The van der Waals surface area contributed by atoms with Gasteiger partial charge in [-0.2, -0.15) is 0 Å². The highest BCUT2D eigenvalue weighted by Gasteiger charge is 2.30. The Balaban J connectivity index is 1.34. The van der Waals surface area contributed by atoms with Crippen LogP contribution in [0.3, 0.4) is 0 Å². The van der Waals surface area contributed by atoms with Crippen molar-refractivity contribution in [2.45, 2.75) is 11.3 Å². The first kappa shape index (κ1) is 22.6. The minimum atomic E-state index is -3.78. The molecule has 1 aliphatic heterocycles. The molecule has 3 aromatic carbocycles. The molecule has 0 spiro atoms. The first-order valence-electron chi connectivity index (χ1n) is 11.2. The van der Waals surface area contributed by atoms with Crippen LogP contribution in [0.15, 0.2) is 102 Å². The second kappa shape index (κ2) is 9.56. The Labute approximate surface area is 204 Å². The van der Waals surface area contributed by atoms with Gasteiger partial charge in [0.25, 0.3) is 15.9 Å². The molecule has 1 aliphatic rings. The van der Waals surface area contributed by atoms with Gasteiger partial charge >= 0.3 is 0 Å². The van der Waals surface area contributed by atoms with Gasteiger partial charge in [-0.05, 0) is 72.2 Å². The van der Waals surface area contributed by atoms with Crippen molar-refractivity contribution in [2.24, 2.45) is 0 Å². The van der Waals surface area contributed by atoms with E-state index in [0.29, 0.717) is 24.3 Å². The Hall–Kier alpha value is -4.23. The first-order chi connectivity index (χ1) is 17.0. The lowest BCUT2D eigenvalue weighted by atomic mass is 10.1. The highest BCUT2D eigenvalue weighted by molar-refractivity contribution is 7.92. The van der Waals surface area contributed by atoms with Gasteiger partial charge in [-0.15, -0.1) is 0 Å². The number of benzene rings is 3. The monoisotopic (exact) mass is 481 g/mol. The van der Waals surface area contributed by atoms with Crippen LogP contribution in [0.4, 0.5) is 11.4 Å². The van der Waals surface area contributed by atoms with Gasteiger partial charge < -0.3 is 5.32 Å². The zero-order valence-corrected chi connectivity index (χ0v) is 19.7. The maximum atomic E-state index is 13.3. The van der Waals surface area contributed by atoms with Crippen molar-refractivity contribution in [1.82, 2.24) is 4.98 Å². The van der Waals surface area contributed by atoms with E-state index in [1.54, 1.807) is 24.4 Å². The van der Waals surface area contributed by atoms with E-state index in [-0.39, 0.29) is 16.4 Å². The summed E-state index contributed by atoms with van der Waals surface area (Å²) in [6, 6.07) is 26.7. The molecule has 2 heterocycles. The predicted octanol–water partition coefficient (Wildman–Crippen LogP) is 5.26. The predicted molar refractivity (Wildman–Crippen MR) is 139 cm³/mol. The quantitative estimate of drug-likeness (QED) is 0.408. The number of carbonyl (C=O) groups is 1. The molecule has 0 aliphatic carbocycles. The molecule has 0 bridgehead atoms. The van der Waals surface area contributed by atoms with Gasteiger partial charge in [0, 0.05) is 24.0 Å². The van der Waals surface area contributed by atoms with Gasteiger partial charge in [0.1, 0.15) is 0 Å². The Kier molecular flexibility index (Phi) is 6.16. The molecule has 7 heteroatoms. The van der Waals surface area contributed by atoms with Crippen molar-refractivity contribution in [2.75, 3.05) is 16.2 Å². The summed E-state index contributed by atoms with van der Waals surface area (Å²) in [7, 11) is -3.78. The molecule has 174 valence electrons. The Morgan fingerprint density at radius 1 is 0.886 bits per heavy atom. The minimum Gasteiger partial charge on any atom is -0.322 e. The van der Waals surface area contributed by atoms with E-state index < -0.39 is 10.0 Å². The van der Waals surface area contributed by atoms with Crippen LogP contribution in [0.5, 0.6) is 0 Å². The van der Waals surface area contributed by atoms with Gasteiger partial charge in [0.05, 0.1) is 16.3 Å². The maximum absolute atomic E-state index is 13.3. The van der Waals surface area contributed by atoms with Crippen molar-refractivity contribution in [3.8, 4) is 0 Å². The van der Waals surface area contributed by atoms with E-state index >= 15 is 0 Å². The molecule has 0 saturated carbocycles. The van der Waals surface area contributed by atoms with E-state index in [0.717, 1.165) is 16.8 Å². The summed E-state index contributed by atoms with van der Waals surface area (Å²) < 4.78 is 28.1. The molecule has 0 radical (unpaired) electrons. The van der Waals surface area contributed by atoms with Crippen LogP contribution in [-0.4, -0.2) is 25.9 Å². The highest BCUT2D eigenvalue weighted by atomic mass is 32.2. The average Bonchev–Trinajstić information content (AvgIpc) is 3.34. The summed E-state index contributed by atoms with van der Waals surface area (Å²) in [6.45, 7) is 0.386. The van der Waals surface area contributed by atoms with Crippen LogP contribution < -0.4 is 9.62 Å². The van der Waals surface area contributed by atoms with Crippen LogP contribution in [0.25, 0.3) is 12.2 Å². The Morgan fingerprint density at radius 3 is 2.57 bits per heavy atom. The van der Waals surface area contributed by atoms with Gasteiger partial charge in [0.2, 0.25) is 0 Å². The van der Waals surface area contributed by atoms with Crippen LogP contribution >= 0.6 is 0 Å². The summed E-state index contributed by atoms with van der Waals surface area (Å²) in [6.07, 6.45) is 6.21. The van der Waals surface area contributed by atoms with Crippen molar-refractivity contribution >= 4 is 39.5 Å². The standard InChI is InChI=1S/C28H23N3O3S/c32-28(30-25-11-5-7-21(19-25)14-15-24-10-3-4-17-29-24)23-9-6-12-26(20-23)35(33,34)31-18-16-22-8-1-2-13-27(22)31/h1-15,17,19-20H,16,18H2,(H,30,32)/b15-14+. The number of sulfonamides is 1. The van der Waals surface area contributed by atoms with Crippen LogP contribution in [-0.2, 0) is 16.4 Å². The van der Waals surface area contributed by atoms with E-state index in [1.807, 2.05) is 72.8 Å². The third-order valence-electron chi connectivity index (χ3n) is 5.81. The lowest BCUT2D eigenvalue weighted by Gasteiger charge is -2.20. The van der Waals surface area contributed by atoms with Crippen LogP contribution in [0, 0.1) is 0 Å². The molecule has 1 N–H and O–H groups in total. The number of hydrogen-bond donors (Lipinski definition) is 1. The molecule has 0 fully saturated rings. The molecular formula is C28H23N3O3S. The fourth-order valence-corrected chi connectivity index (χ4v) is 5.61. The first-order valence-corrected chi connectivity index (χ1v) is 12.7. The van der Waals surface area contributed by atoms with E-state index in [2.05, 4.69) is 10.3 Å². The fourth-order valence-electron chi connectivity index (χ4n) is 4.06. The lowest BCUT2D eigenvalue weighted by molar-refractivity contribution is 0.102. The van der Waals surface area contributed by atoms with Crippen molar-refractivity contribution in [3.05, 3.63) is 120 Å². The molecule has 35 heavy (non-hydrogen) atoms. The third kappa shape index (κ3) is 4.85. The number of hydrogen-bond acceptors (Lipinski definition) is 4. The lowest BCUT2D eigenvalue weighted by Crippen LogP contribution is -2.29. The van der Waals surface area contributed by atoms with Gasteiger partial charge in [-0.25, -0.2) is 8.42 Å². The molecule has 4 aromatic rings. The maximum Gasteiger partial charge on any atom is 0.264 e. The zero-order chi connectivity index (χ0) is 24.3. The number of amides is 1. The molecule has 5 rings (SSSR count).